The van der Waals surface area contributed by atoms with Gasteiger partial charge in [0.15, 0.2) is 0 Å². The van der Waals surface area contributed by atoms with Gasteiger partial charge in [-0.25, -0.2) is 8.78 Å². The van der Waals surface area contributed by atoms with Gasteiger partial charge in [-0.1, -0.05) is 23.8 Å². The monoisotopic (exact) mass is 428 g/mol. The third-order valence-corrected chi connectivity index (χ3v) is 6.84. The highest BCUT2D eigenvalue weighted by Gasteiger charge is 2.58. The summed E-state index contributed by atoms with van der Waals surface area (Å²) in [5, 5.41) is 0. The van der Waals surface area contributed by atoms with Crippen LogP contribution in [0.5, 0.6) is 5.75 Å². The number of aryl methyl sites for hydroxylation is 1. The van der Waals surface area contributed by atoms with Gasteiger partial charge < -0.3 is 9.64 Å². The lowest BCUT2D eigenvalue weighted by atomic mass is 9.90. The van der Waals surface area contributed by atoms with E-state index in [1.54, 1.807) is 4.90 Å². The van der Waals surface area contributed by atoms with Crippen molar-refractivity contribution in [2.45, 2.75) is 32.7 Å². The molecule has 1 saturated carbocycles. The fraction of sp³-hybridized carbons (Fsp3) is 0.480. The van der Waals surface area contributed by atoms with Gasteiger partial charge >= 0.3 is 0 Å². The molecule has 1 saturated heterocycles. The topological polar surface area (TPSA) is 32.8 Å². The molecule has 1 aliphatic heterocycles. The summed E-state index contributed by atoms with van der Waals surface area (Å²) in [6.45, 7) is 5.23. The van der Waals surface area contributed by atoms with Gasteiger partial charge in [-0.15, -0.1) is 0 Å². The molecule has 0 unspecified atom stereocenters. The maximum atomic E-state index is 13.9. The van der Waals surface area contributed by atoms with Crippen LogP contribution >= 0.6 is 0 Å². The molecule has 1 amide bonds. The number of nitrogens with zero attached hydrogens (tertiary/aromatic N) is 2. The highest BCUT2D eigenvalue weighted by Crippen LogP contribution is 2.60. The number of carbonyl (C=O) groups excluding carboxylic acids is 1. The van der Waals surface area contributed by atoms with Crippen molar-refractivity contribution in [3.05, 3.63) is 65.2 Å². The second-order valence-corrected chi connectivity index (χ2v) is 9.05. The third kappa shape index (κ3) is 5.06. The lowest BCUT2D eigenvalue weighted by Crippen LogP contribution is -2.38. The summed E-state index contributed by atoms with van der Waals surface area (Å²) in [6.07, 6.45) is 2.83. The van der Waals surface area contributed by atoms with Crippen molar-refractivity contribution in [1.29, 1.82) is 0 Å². The van der Waals surface area contributed by atoms with Crippen molar-refractivity contribution in [3.63, 3.8) is 0 Å². The van der Waals surface area contributed by atoms with Crippen LogP contribution in [0.15, 0.2) is 42.5 Å². The molecule has 1 atom stereocenters. The molecule has 1 aliphatic carbocycles. The van der Waals surface area contributed by atoms with Crippen LogP contribution in [0.25, 0.3) is 0 Å². The lowest BCUT2D eigenvalue weighted by Gasteiger charge is -2.33. The molecule has 0 aromatic heterocycles. The number of piperidine rings is 1. The van der Waals surface area contributed by atoms with Gasteiger partial charge in [0, 0.05) is 31.1 Å². The molecule has 4 nitrogen and oxygen atoms in total. The van der Waals surface area contributed by atoms with E-state index in [2.05, 4.69) is 4.90 Å². The zero-order chi connectivity index (χ0) is 22.0. The predicted octanol–water partition coefficient (Wildman–Crippen LogP) is 4.41. The van der Waals surface area contributed by atoms with E-state index in [9.17, 15) is 13.6 Å². The number of rotatable bonds is 7. The van der Waals surface area contributed by atoms with Crippen LogP contribution in [-0.2, 0) is 11.3 Å². The van der Waals surface area contributed by atoms with Crippen molar-refractivity contribution < 1.29 is 18.3 Å². The quantitative estimate of drug-likeness (QED) is 0.655. The van der Waals surface area contributed by atoms with E-state index in [1.807, 2.05) is 38.2 Å². The number of hydrogen-bond acceptors (Lipinski definition) is 3. The van der Waals surface area contributed by atoms with Gasteiger partial charge in [0.25, 0.3) is 0 Å². The number of ether oxygens (including phenoxy) is 1. The van der Waals surface area contributed by atoms with Crippen molar-refractivity contribution in [1.82, 2.24) is 9.80 Å². The van der Waals surface area contributed by atoms with Crippen LogP contribution in [0, 0.1) is 29.9 Å². The fourth-order valence-corrected chi connectivity index (χ4v) is 4.61. The van der Waals surface area contributed by atoms with Crippen LogP contribution in [0.3, 0.4) is 0 Å². The highest BCUT2D eigenvalue weighted by atomic mass is 19.1. The first-order valence-corrected chi connectivity index (χ1v) is 11.0. The Hall–Kier alpha value is -2.47. The van der Waals surface area contributed by atoms with Crippen molar-refractivity contribution >= 4 is 5.91 Å². The number of carbonyl (C=O) groups is 1. The summed E-state index contributed by atoms with van der Waals surface area (Å²) in [5.41, 5.74) is 1.81. The maximum absolute atomic E-state index is 13.9. The molecule has 0 radical (unpaired) electrons. The Bertz CT molecular complexity index is 924. The Morgan fingerprint density at radius 1 is 1.16 bits per heavy atom. The summed E-state index contributed by atoms with van der Waals surface area (Å²) < 4.78 is 32.8. The van der Waals surface area contributed by atoms with E-state index in [1.165, 1.54) is 17.7 Å². The summed E-state index contributed by atoms with van der Waals surface area (Å²) >= 11 is 0. The average Bonchev–Trinajstić information content (AvgIpc) is 3.45. The second kappa shape index (κ2) is 8.95. The molecule has 4 rings (SSSR count). The molecule has 31 heavy (non-hydrogen) atoms. The van der Waals surface area contributed by atoms with Gasteiger partial charge in [0.1, 0.15) is 24.0 Å². The molecular formula is C25H30F2N2O2. The number of hydrogen-bond donors (Lipinski definition) is 0. The number of likely N-dealkylation sites (tertiary alicyclic amines) is 1. The summed E-state index contributed by atoms with van der Waals surface area (Å²) in [6, 6.07) is 11.7. The standard InChI is InChI=1S/C25H30F2N2O2/c1-18-3-7-21(8-4-18)31-14-13-28(2)24(30)22-16-25(22)9-11-29(12-10-25)17-19-5-6-20(26)15-23(19)27/h3-8,15,22H,9-14,16-17H2,1-2H3/t22-/m0/s1. The first kappa shape index (κ1) is 21.8. The molecule has 1 spiro atoms. The summed E-state index contributed by atoms with van der Waals surface area (Å²) in [5.74, 6) is 0.0623. The SMILES string of the molecule is Cc1ccc(OCCN(C)C(=O)[C@@H]2CC23CCN(Cc2ccc(F)cc2F)CC3)cc1. The molecule has 6 heteroatoms. The normalized spacial score (nSPS) is 19.9. The van der Waals surface area contributed by atoms with Gasteiger partial charge in [0.05, 0.1) is 6.54 Å². The molecule has 0 bridgehead atoms. The number of halogens is 2. The maximum Gasteiger partial charge on any atom is 0.226 e. The molecule has 2 fully saturated rings. The minimum atomic E-state index is -0.549. The van der Waals surface area contributed by atoms with E-state index in [-0.39, 0.29) is 17.2 Å². The minimum absolute atomic E-state index is 0.0848. The Morgan fingerprint density at radius 2 is 1.87 bits per heavy atom. The zero-order valence-electron chi connectivity index (χ0n) is 18.2. The van der Waals surface area contributed by atoms with E-state index in [4.69, 9.17) is 4.74 Å². The Labute approximate surface area is 182 Å². The van der Waals surface area contributed by atoms with Crippen LogP contribution < -0.4 is 4.74 Å². The van der Waals surface area contributed by atoms with Crippen LogP contribution in [-0.4, -0.2) is 49.0 Å². The molecular weight excluding hydrogens is 398 g/mol. The number of likely N-dealkylation sites (N-methyl/N-ethyl adjacent to an activating group) is 1. The van der Waals surface area contributed by atoms with E-state index < -0.39 is 11.6 Å². The lowest BCUT2D eigenvalue weighted by molar-refractivity contribution is -0.132. The Kier molecular flexibility index (Phi) is 6.28. The van der Waals surface area contributed by atoms with E-state index in [0.29, 0.717) is 25.3 Å². The minimum Gasteiger partial charge on any atom is -0.492 e. The first-order valence-electron chi connectivity index (χ1n) is 11.0. The highest BCUT2D eigenvalue weighted by molar-refractivity contribution is 5.82. The Balaban J connectivity index is 1.21. The van der Waals surface area contributed by atoms with E-state index >= 15 is 0 Å². The smallest absolute Gasteiger partial charge is 0.226 e. The largest absolute Gasteiger partial charge is 0.492 e. The van der Waals surface area contributed by atoms with Gasteiger partial charge in [0.2, 0.25) is 5.91 Å². The number of benzene rings is 2. The zero-order valence-corrected chi connectivity index (χ0v) is 18.2. The van der Waals surface area contributed by atoms with Crippen molar-refractivity contribution in [2.24, 2.45) is 11.3 Å². The molecule has 2 aromatic carbocycles. The summed E-state index contributed by atoms with van der Waals surface area (Å²) in [7, 11) is 1.85. The van der Waals surface area contributed by atoms with Crippen LogP contribution in [0.2, 0.25) is 0 Å². The molecule has 1 heterocycles. The van der Waals surface area contributed by atoms with Crippen molar-refractivity contribution in [3.8, 4) is 5.75 Å². The molecule has 2 aromatic rings. The predicted molar refractivity (Wildman–Crippen MR) is 116 cm³/mol. The van der Waals surface area contributed by atoms with E-state index in [0.717, 1.165) is 44.2 Å². The fourth-order valence-electron chi connectivity index (χ4n) is 4.61. The molecule has 0 N–H and O–H groups in total. The first-order chi connectivity index (χ1) is 14.9. The number of amides is 1. The van der Waals surface area contributed by atoms with Crippen molar-refractivity contribution in [2.75, 3.05) is 33.3 Å². The van der Waals surface area contributed by atoms with Gasteiger partial charge in [-0.2, -0.15) is 0 Å². The summed E-state index contributed by atoms with van der Waals surface area (Å²) in [4.78, 5) is 16.9. The third-order valence-electron chi connectivity index (χ3n) is 6.84. The Morgan fingerprint density at radius 3 is 2.55 bits per heavy atom. The van der Waals surface area contributed by atoms with Crippen LogP contribution in [0.1, 0.15) is 30.4 Å². The van der Waals surface area contributed by atoms with Gasteiger partial charge in [-0.05, 0) is 62.9 Å². The second-order valence-electron chi connectivity index (χ2n) is 9.05. The average molecular weight is 429 g/mol. The molecule has 166 valence electrons. The van der Waals surface area contributed by atoms with Crippen LogP contribution in [0.4, 0.5) is 8.78 Å². The van der Waals surface area contributed by atoms with Gasteiger partial charge in [-0.3, -0.25) is 9.69 Å². The molecule has 2 aliphatic rings.